The van der Waals surface area contributed by atoms with Gasteiger partial charge in [-0.1, -0.05) is 6.07 Å². The van der Waals surface area contributed by atoms with Crippen LogP contribution in [0.2, 0.25) is 0 Å². The molecule has 1 aliphatic rings. The molecule has 7 nitrogen and oxygen atoms in total. The van der Waals surface area contributed by atoms with Crippen LogP contribution in [-0.2, 0) is 4.79 Å². The minimum atomic E-state index is -0.884. The normalized spacial score (nSPS) is 19.2. The van der Waals surface area contributed by atoms with E-state index >= 15 is 0 Å². The highest BCUT2D eigenvalue weighted by molar-refractivity contribution is 6.05. The van der Waals surface area contributed by atoms with Crippen molar-refractivity contribution in [2.24, 2.45) is 5.92 Å². The maximum Gasteiger partial charge on any atom is 0.308 e. The molecule has 3 rings (SSSR count). The van der Waals surface area contributed by atoms with Crippen LogP contribution in [0.3, 0.4) is 0 Å². The van der Waals surface area contributed by atoms with Crippen molar-refractivity contribution in [1.29, 1.82) is 0 Å². The van der Waals surface area contributed by atoms with E-state index in [0.717, 1.165) is 0 Å². The third-order valence-electron chi connectivity index (χ3n) is 4.62. The summed E-state index contributed by atoms with van der Waals surface area (Å²) in [5.74, 6) is -1.99. The van der Waals surface area contributed by atoms with Gasteiger partial charge in [-0.05, 0) is 43.7 Å². The van der Waals surface area contributed by atoms with Gasteiger partial charge in [-0.15, -0.1) is 0 Å². The number of carboxylic acid groups (broad SMARTS) is 1. The van der Waals surface area contributed by atoms with E-state index in [1.165, 1.54) is 6.20 Å². The molecule has 2 unspecified atom stereocenters. The number of hydrogen-bond donors (Lipinski definition) is 2. The Morgan fingerprint density at radius 3 is 2.62 bits per heavy atom. The van der Waals surface area contributed by atoms with Crippen molar-refractivity contribution >= 4 is 23.5 Å². The predicted octanol–water partition coefficient (Wildman–Crippen LogP) is 2.27. The number of hydrogen-bond acceptors (Lipinski definition) is 4. The molecule has 134 valence electrons. The number of aromatic nitrogens is 1. The van der Waals surface area contributed by atoms with Crippen LogP contribution in [0.25, 0.3) is 0 Å². The number of carbonyl (C=O) groups is 3. The van der Waals surface area contributed by atoms with Gasteiger partial charge in [-0.2, -0.15) is 0 Å². The third kappa shape index (κ3) is 3.56. The Balaban J connectivity index is 1.74. The summed E-state index contributed by atoms with van der Waals surface area (Å²) in [6, 6.07) is 9.58. The number of pyridine rings is 1. The quantitative estimate of drug-likeness (QED) is 0.878. The molecule has 2 atom stereocenters. The Kier molecular flexibility index (Phi) is 4.97. The SMILES string of the molecule is CC1C(C(=O)O)CCN1C(=O)c1cccc(NC(=O)c2cccnc2)c1. The van der Waals surface area contributed by atoms with Crippen molar-refractivity contribution in [1.82, 2.24) is 9.88 Å². The zero-order valence-electron chi connectivity index (χ0n) is 14.3. The zero-order chi connectivity index (χ0) is 18.7. The van der Waals surface area contributed by atoms with E-state index in [1.54, 1.807) is 54.4 Å². The second kappa shape index (κ2) is 7.35. The lowest BCUT2D eigenvalue weighted by Gasteiger charge is -2.23. The minimum absolute atomic E-state index is 0.237. The average molecular weight is 353 g/mol. The van der Waals surface area contributed by atoms with Crippen LogP contribution in [0, 0.1) is 5.92 Å². The predicted molar refractivity (Wildman–Crippen MR) is 94.9 cm³/mol. The molecule has 0 aliphatic carbocycles. The monoisotopic (exact) mass is 353 g/mol. The van der Waals surface area contributed by atoms with Gasteiger partial charge in [0.05, 0.1) is 11.5 Å². The maximum atomic E-state index is 12.7. The van der Waals surface area contributed by atoms with Crippen LogP contribution >= 0.6 is 0 Å². The van der Waals surface area contributed by atoms with E-state index in [-0.39, 0.29) is 17.9 Å². The molecule has 2 amide bonds. The first-order valence-electron chi connectivity index (χ1n) is 8.32. The zero-order valence-corrected chi connectivity index (χ0v) is 14.3. The van der Waals surface area contributed by atoms with Gasteiger partial charge in [-0.3, -0.25) is 19.4 Å². The van der Waals surface area contributed by atoms with Crippen LogP contribution in [0.5, 0.6) is 0 Å². The molecule has 1 aromatic heterocycles. The number of likely N-dealkylation sites (tertiary alicyclic amines) is 1. The topological polar surface area (TPSA) is 99.6 Å². The van der Waals surface area contributed by atoms with Crippen molar-refractivity contribution in [3.05, 3.63) is 59.9 Å². The Bertz CT molecular complexity index is 838. The van der Waals surface area contributed by atoms with Gasteiger partial charge in [0.15, 0.2) is 0 Å². The minimum Gasteiger partial charge on any atom is -0.481 e. The lowest BCUT2D eigenvalue weighted by molar-refractivity contribution is -0.142. The number of aliphatic carboxylic acids is 1. The summed E-state index contributed by atoms with van der Waals surface area (Å²) in [5.41, 5.74) is 1.32. The largest absolute Gasteiger partial charge is 0.481 e. The molecule has 0 spiro atoms. The van der Waals surface area contributed by atoms with Crippen LogP contribution < -0.4 is 5.32 Å². The van der Waals surface area contributed by atoms with Gasteiger partial charge >= 0.3 is 5.97 Å². The smallest absolute Gasteiger partial charge is 0.308 e. The van der Waals surface area contributed by atoms with Gasteiger partial charge in [0.2, 0.25) is 0 Å². The van der Waals surface area contributed by atoms with Crippen molar-refractivity contribution < 1.29 is 19.5 Å². The molecule has 2 aromatic rings. The molecule has 1 saturated heterocycles. The molecule has 2 N–H and O–H groups in total. The molecule has 1 fully saturated rings. The Labute approximate surface area is 150 Å². The summed E-state index contributed by atoms with van der Waals surface area (Å²) in [7, 11) is 0. The van der Waals surface area contributed by atoms with Crippen molar-refractivity contribution in [2.45, 2.75) is 19.4 Å². The molecule has 0 bridgehead atoms. The number of carboxylic acids is 1. The van der Waals surface area contributed by atoms with Crippen LogP contribution in [0.1, 0.15) is 34.1 Å². The molecule has 1 aromatic carbocycles. The summed E-state index contributed by atoms with van der Waals surface area (Å²) in [6.45, 7) is 2.15. The molecular formula is C19H19N3O4. The van der Waals surface area contributed by atoms with E-state index in [2.05, 4.69) is 10.3 Å². The third-order valence-corrected chi connectivity index (χ3v) is 4.62. The summed E-state index contributed by atoms with van der Waals surface area (Å²) in [6.07, 6.45) is 3.49. The van der Waals surface area contributed by atoms with Crippen LogP contribution in [0.15, 0.2) is 48.8 Å². The molecule has 7 heteroatoms. The standard InChI is InChI=1S/C19H19N3O4/c1-12-16(19(25)26)7-9-22(12)18(24)13-4-2-6-15(10-13)21-17(23)14-5-3-8-20-11-14/h2-6,8,10-12,16H,7,9H2,1H3,(H,21,23)(H,25,26). The second-order valence-corrected chi connectivity index (χ2v) is 6.25. The van der Waals surface area contributed by atoms with Gasteiger partial charge in [-0.25, -0.2) is 0 Å². The van der Waals surface area contributed by atoms with E-state index in [0.29, 0.717) is 29.8 Å². The summed E-state index contributed by atoms with van der Waals surface area (Å²) in [5, 5.41) is 12.0. The number of rotatable bonds is 4. The fourth-order valence-electron chi connectivity index (χ4n) is 3.15. The average Bonchev–Trinajstić information content (AvgIpc) is 3.03. The number of nitrogens with one attached hydrogen (secondary N) is 1. The summed E-state index contributed by atoms with van der Waals surface area (Å²) < 4.78 is 0. The number of nitrogens with zero attached hydrogens (tertiary/aromatic N) is 2. The fourth-order valence-corrected chi connectivity index (χ4v) is 3.15. The Morgan fingerprint density at radius 2 is 1.96 bits per heavy atom. The Hall–Kier alpha value is -3.22. The van der Waals surface area contributed by atoms with E-state index in [1.807, 2.05) is 0 Å². The second-order valence-electron chi connectivity index (χ2n) is 6.25. The maximum absolute atomic E-state index is 12.7. The first kappa shape index (κ1) is 17.6. The number of anilines is 1. The lowest BCUT2D eigenvalue weighted by Crippen LogP contribution is -2.37. The summed E-state index contributed by atoms with van der Waals surface area (Å²) in [4.78, 5) is 41.7. The van der Waals surface area contributed by atoms with Gasteiger partial charge < -0.3 is 15.3 Å². The van der Waals surface area contributed by atoms with Crippen LogP contribution in [-0.4, -0.2) is 45.4 Å². The molecular weight excluding hydrogens is 334 g/mol. The molecule has 0 saturated carbocycles. The van der Waals surface area contributed by atoms with Crippen molar-refractivity contribution in [3.63, 3.8) is 0 Å². The highest BCUT2D eigenvalue weighted by Crippen LogP contribution is 2.26. The van der Waals surface area contributed by atoms with E-state index in [4.69, 9.17) is 0 Å². The fraction of sp³-hybridized carbons (Fsp3) is 0.263. The van der Waals surface area contributed by atoms with Gasteiger partial charge in [0.1, 0.15) is 0 Å². The van der Waals surface area contributed by atoms with Crippen molar-refractivity contribution in [3.8, 4) is 0 Å². The number of carbonyl (C=O) groups excluding carboxylic acids is 2. The highest BCUT2D eigenvalue weighted by atomic mass is 16.4. The van der Waals surface area contributed by atoms with E-state index < -0.39 is 11.9 Å². The number of amides is 2. The van der Waals surface area contributed by atoms with Crippen LogP contribution in [0.4, 0.5) is 5.69 Å². The van der Waals surface area contributed by atoms with Gasteiger partial charge in [0, 0.05) is 36.2 Å². The molecule has 26 heavy (non-hydrogen) atoms. The first-order chi connectivity index (χ1) is 12.5. The van der Waals surface area contributed by atoms with Gasteiger partial charge in [0.25, 0.3) is 11.8 Å². The Morgan fingerprint density at radius 1 is 1.19 bits per heavy atom. The van der Waals surface area contributed by atoms with Crippen molar-refractivity contribution in [2.75, 3.05) is 11.9 Å². The first-order valence-corrected chi connectivity index (χ1v) is 8.32. The number of benzene rings is 1. The highest BCUT2D eigenvalue weighted by Gasteiger charge is 2.38. The molecule has 0 radical (unpaired) electrons. The lowest BCUT2D eigenvalue weighted by atomic mass is 10.0. The molecule has 2 heterocycles. The van der Waals surface area contributed by atoms with E-state index in [9.17, 15) is 19.5 Å². The molecule has 1 aliphatic heterocycles. The summed E-state index contributed by atoms with van der Waals surface area (Å²) >= 11 is 0.